The molecule has 0 aromatic heterocycles. The Kier molecular flexibility index (Phi) is 8.35. The summed E-state index contributed by atoms with van der Waals surface area (Å²) in [4.78, 5) is 12.0. The number of allylic oxidation sites excluding steroid dienone is 3. The highest BCUT2D eigenvalue weighted by atomic mass is 16.5. The molecule has 1 aliphatic rings. The molecule has 0 radical (unpaired) electrons. The molecule has 0 atom stereocenters. The lowest BCUT2D eigenvalue weighted by molar-refractivity contribution is -0.144. The number of rotatable bonds is 8. The van der Waals surface area contributed by atoms with E-state index in [2.05, 4.69) is 32.2 Å². The average molecular weight is 304 g/mol. The third-order valence-electron chi connectivity index (χ3n) is 4.12. The molecule has 0 aromatic carbocycles. The number of nitriles is 1. The van der Waals surface area contributed by atoms with Crippen LogP contribution in [0.4, 0.5) is 0 Å². The zero-order valence-corrected chi connectivity index (χ0v) is 14.1. The standard InChI is InChI=1S/C18H28N2O2/c1-4-14(5-2)13-22-18(21)11-16(12-19)15-8-7-9-17(10-15)20-6-3/h10,14,20H,4-9,11,13H2,1-3H3/b16-15+. The van der Waals surface area contributed by atoms with E-state index in [1.165, 1.54) is 0 Å². The van der Waals surface area contributed by atoms with Gasteiger partial charge in [-0.05, 0) is 43.8 Å². The molecule has 22 heavy (non-hydrogen) atoms. The molecule has 0 bridgehead atoms. The number of ether oxygens (including phenoxy) is 1. The number of nitrogens with zero attached hydrogens (tertiary/aromatic N) is 1. The topological polar surface area (TPSA) is 62.1 Å². The second-order valence-electron chi connectivity index (χ2n) is 5.71. The van der Waals surface area contributed by atoms with Crippen LogP contribution < -0.4 is 5.32 Å². The fourth-order valence-electron chi connectivity index (χ4n) is 2.58. The molecule has 0 heterocycles. The first-order valence-corrected chi connectivity index (χ1v) is 8.36. The molecular weight excluding hydrogens is 276 g/mol. The average Bonchev–Trinajstić information content (AvgIpc) is 2.54. The number of esters is 1. The molecule has 0 aliphatic heterocycles. The predicted octanol–water partition coefficient (Wildman–Crippen LogP) is 3.85. The lowest BCUT2D eigenvalue weighted by atomic mass is 9.94. The van der Waals surface area contributed by atoms with Gasteiger partial charge in [-0.25, -0.2) is 0 Å². The van der Waals surface area contributed by atoms with E-state index < -0.39 is 0 Å². The number of hydrogen-bond donors (Lipinski definition) is 1. The quantitative estimate of drug-likeness (QED) is 0.546. The van der Waals surface area contributed by atoms with Crippen LogP contribution in [0.1, 0.15) is 59.3 Å². The van der Waals surface area contributed by atoms with Crippen molar-refractivity contribution in [1.82, 2.24) is 5.32 Å². The minimum Gasteiger partial charge on any atom is -0.465 e. The Morgan fingerprint density at radius 1 is 1.36 bits per heavy atom. The van der Waals surface area contributed by atoms with Gasteiger partial charge in [-0.3, -0.25) is 4.79 Å². The summed E-state index contributed by atoms with van der Waals surface area (Å²) in [6.45, 7) is 7.58. The number of carbonyl (C=O) groups excluding carboxylic acids is 1. The predicted molar refractivity (Wildman–Crippen MR) is 87.9 cm³/mol. The smallest absolute Gasteiger partial charge is 0.311 e. The van der Waals surface area contributed by atoms with E-state index in [-0.39, 0.29) is 12.4 Å². The lowest BCUT2D eigenvalue weighted by Gasteiger charge is -2.17. The molecular formula is C18H28N2O2. The van der Waals surface area contributed by atoms with Crippen molar-refractivity contribution in [3.05, 3.63) is 22.9 Å². The summed E-state index contributed by atoms with van der Waals surface area (Å²) in [5.41, 5.74) is 2.68. The monoisotopic (exact) mass is 304 g/mol. The third kappa shape index (κ3) is 5.93. The van der Waals surface area contributed by atoms with Gasteiger partial charge in [0.1, 0.15) is 0 Å². The summed E-state index contributed by atoms with van der Waals surface area (Å²) in [5, 5.41) is 12.7. The third-order valence-corrected chi connectivity index (χ3v) is 4.12. The lowest BCUT2D eigenvalue weighted by Crippen LogP contribution is -2.16. The Hall–Kier alpha value is -1.76. The summed E-state index contributed by atoms with van der Waals surface area (Å²) in [6.07, 6.45) is 7.01. The van der Waals surface area contributed by atoms with Crippen molar-refractivity contribution < 1.29 is 9.53 Å². The van der Waals surface area contributed by atoms with E-state index in [0.29, 0.717) is 18.1 Å². The second-order valence-corrected chi connectivity index (χ2v) is 5.71. The number of carbonyl (C=O) groups is 1. The number of hydrogen-bond acceptors (Lipinski definition) is 4. The van der Waals surface area contributed by atoms with Gasteiger partial charge in [-0.15, -0.1) is 0 Å². The first-order valence-electron chi connectivity index (χ1n) is 8.36. The highest BCUT2D eigenvalue weighted by Gasteiger charge is 2.16. The van der Waals surface area contributed by atoms with E-state index in [0.717, 1.165) is 49.9 Å². The molecule has 0 spiro atoms. The maximum atomic E-state index is 12.0. The van der Waals surface area contributed by atoms with E-state index >= 15 is 0 Å². The highest BCUT2D eigenvalue weighted by Crippen LogP contribution is 2.25. The fourth-order valence-corrected chi connectivity index (χ4v) is 2.58. The molecule has 4 heteroatoms. The van der Waals surface area contributed by atoms with Crippen LogP contribution in [-0.2, 0) is 9.53 Å². The zero-order chi connectivity index (χ0) is 16.4. The minimum atomic E-state index is -0.292. The summed E-state index contributed by atoms with van der Waals surface area (Å²) in [7, 11) is 0. The summed E-state index contributed by atoms with van der Waals surface area (Å²) in [5.74, 6) is 0.122. The van der Waals surface area contributed by atoms with Crippen molar-refractivity contribution in [2.45, 2.75) is 59.3 Å². The van der Waals surface area contributed by atoms with Gasteiger partial charge >= 0.3 is 5.97 Å². The van der Waals surface area contributed by atoms with Crippen molar-refractivity contribution in [1.29, 1.82) is 5.26 Å². The first kappa shape index (κ1) is 18.3. The van der Waals surface area contributed by atoms with Gasteiger partial charge in [-0.1, -0.05) is 26.7 Å². The molecule has 0 fully saturated rings. The summed E-state index contributed by atoms with van der Waals surface area (Å²) < 4.78 is 5.32. The van der Waals surface area contributed by atoms with Gasteiger partial charge in [0, 0.05) is 17.8 Å². The van der Waals surface area contributed by atoms with Crippen LogP contribution in [0, 0.1) is 17.2 Å². The largest absolute Gasteiger partial charge is 0.465 e. The molecule has 0 amide bonds. The van der Waals surface area contributed by atoms with Gasteiger partial charge in [0.05, 0.1) is 19.1 Å². The molecule has 1 N–H and O–H groups in total. The first-order chi connectivity index (χ1) is 10.6. The van der Waals surface area contributed by atoms with Gasteiger partial charge in [0.25, 0.3) is 0 Å². The van der Waals surface area contributed by atoms with Crippen molar-refractivity contribution in [2.75, 3.05) is 13.2 Å². The molecule has 0 unspecified atom stereocenters. The highest BCUT2D eigenvalue weighted by molar-refractivity contribution is 5.74. The fraction of sp³-hybridized carbons (Fsp3) is 0.667. The van der Waals surface area contributed by atoms with Crippen LogP contribution in [0.25, 0.3) is 0 Å². The van der Waals surface area contributed by atoms with Crippen molar-refractivity contribution in [3.8, 4) is 6.07 Å². The Labute approximate surface area is 134 Å². The van der Waals surface area contributed by atoms with Crippen molar-refractivity contribution >= 4 is 5.97 Å². The summed E-state index contributed by atoms with van der Waals surface area (Å²) in [6, 6.07) is 2.19. The summed E-state index contributed by atoms with van der Waals surface area (Å²) >= 11 is 0. The van der Waals surface area contributed by atoms with Gasteiger partial charge < -0.3 is 10.1 Å². The normalized spacial score (nSPS) is 16.8. The van der Waals surface area contributed by atoms with E-state index in [4.69, 9.17) is 4.74 Å². The van der Waals surface area contributed by atoms with Crippen LogP contribution in [0.15, 0.2) is 22.9 Å². The van der Waals surface area contributed by atoms with E-state index in [9.17, 15) is 10.1 Å². The maximum Gasteiger partial charge on any atom is 0.311 e. The van der Waals surface area contributed by atoms with Gasteiger partial charge in [-0.2, -0.15) is 5.26 Å². The Balaban J connectivity index is 2.67. The Morgan fingerprint density at radius 2 is 2.09 bits per heavy atom. The van der Waals surface area contributed by atoms with Gasteiger partial charge in [0.2, 0.25) is 0 Å². The SMILES string of the molecule is CCNC1=C/C(=C(/C#N)CC(=O)OCC(CC)CC)CCC1. The Bertz CT molecular complexity index is 468. The van der Waals surface area contributed by atoms with Crippen molar-refractivity contribution in [3.63, 3.8) is 0 Å². The second kappa shape index (κ2) is 10.0. The van der Waals surface area contributed by atoms with Crippen molar-refractivity contribution in [2.24, 2.45) is 5.92 Å². The maximum absolute atomic E-state index is 12.0. The Morgan fingerprint density at radius 3 is 2.68 bits per heavy atom. The van der Waals surface area contributed by atoms with E-state index in [1.807, 2.05) is 6.08 Å². The van der Waals surface area contributed by atoms with Crippen LogP contribution in [0.5, 0.6) is 0 Å². The zero-order valence-electron chi connectivity index (χ0n) is 14.1. The van der Waals surface area contributed by atoms with Crippen LogP contribution >= 0.6 is 0 Å². The van der Waals surface area contributed by atoms with Crippen LogP contribution in [0.2, 0.25) is 0 Å². The molecule has 0 saturated carbocycles. The molecule has 1 aliphatic carbocycles. The van der Waals surface area contributed by atoms with E-state index in [1.54, 1.807) is 0 Å². The molecule has 0 aromatic rings. The molecule has 1 rings (SSSR count). The van der Waals surface area contributed by atoms with Crippen LogP contribution in [0.3, 0.4) is 0 Å². The number of nitrogens with one attached hydrogen (secondary N) is 1. The molecule has 0 saturated heterocycles. The van der Waals surface area contributed by atoms with Crippen LogP contribution in [-0.4, -0.2) is 19.1 Å². The molecule has 122 valence electrons. The van der Waals surface area contributed by atoms with Gasteiger partial charge in [0.15, 0.2) is 0 Å². The molecule has 4 nitrogen and oxygen atoms in total. The minimum absolute atomic E-state index is 0.0852.